The van der Waals surface area contributed by atoms with Crippen molar-refractivity contribution >= 4 is 17.9 Å². The van der Waals surface area contributed by atoms with Gasteiger partial charge in [-0.1, -0.05) is 36.0 Å². The molecule has 0 aliphatic carbocycles. The van der Waals surface area contributed by atoms with Gasteiger partial charge in [-0.05, 0) is 12.1 Å². The van der Waals surface area contributed by atoms with E-state index in [0.717, 1.165) is 6.92 Å². The lowest BCUT2D eigenvalue weighted by Gasteiger charge is -2.46. The van der Waals surface area contributed by atoms with Crippen LogP contribution in [0.3, 0.4) is 0 Å². The summed E-state index contributed by atoms with van der Waals surface area (Å²) in [7, 11) is 0. The first kappa shape index (κ1) is 23.0. The largest absolute Gasteiger partial charge is 0.456 e. The summed E-state index contributed by atoms with van der Waals surface area (Å²) in [5, 5.41) is 0. The summed E-state index contributed by atoms with van der Waals surface area (Å²) in [4.78, 5) is 35.1. The molecule has 0 N–H and O–H groups in total. The maximum absolute atomic E-state index is 11.8. The van der Waals surface area contributed by atoms with Crippen molar-refractivity contribution in [3.05, 3.63) is 35.9 Å². The molecule has 0 aromatic heterocycles. The Morgan fingerprint density at radius 2 is 1.70 bits per heavy atom. The van der Waals surface area contributed by atoms with Crippen molar-refractivity contribution in [3.63, 3.8) is 0 Å². The van der Waals surface area contributed by atoms with E-state index in [-0.39, 0.29) is 13.2 Å². The maximum atomic E-state index is 11.8. The molecule has 1 fully saturated rings. The average Bonchev–Trinajstić information content (AvgIpc) is 2.68. The molecule has 1 aromatic rings. The van der Waals surface area contributed by atoms with Crippen LogP contribution in [0.15, 0.2) is 30.3 Å². The van der Waals surface area contributed by atoms with Crippen LogP contribution in [-0.2, 0) is 38.1 Å². The van der Waals surface area contributed by atoms with Gasteiger partial charge < -0.3 is 23.7 Å². The number of rotatable bonds is 5. The van der Waals surface area contributed by atoms with Crippen LogP contribution in [0.1, 0.15) is 26.3 Å². The number of hydrogen-bond acceptors (Lipinski definition) is 8. The zero-order valence-corrected chi connectivity index (χ0v) is 16.9. The molecule has 8 nitrogen and oxygen atoms in total. The predicted molar refractivity (Wildman–Crippen MR) is 103 cm³/mol. The van der Waals surface area contributed by atoms with Crippen molar-refractivity contribution in [2.75, 3.05) is 13.2 Å². The predicted octanol–water partition coefficient (Wildman–Crippen LogP) is 1.21. The molecular weight excluding hydrogens is 392 g/mol. The fraction of sp³-hybridized carbons (Fsp3) is 0.409. The molecule has 0 spiro atoms. The summed E-state index contributed by atoms with van der Waals surface area (Å²) in [5.74, 6) is 6.13. The molecule has 158 valence electrons. The third-order valence-electron chi connectivity index (χ3n) is 4.01. The van der Waals surface area contributed by atoms with Crippen LogP contribution < -0.4 is 0 Å². The molecule has 1 unspecified atom stereocenters. The Balaban J connectivity index is 2.63. The van der Waals surface area contributed by atoms with Gasteiger partial charge in [0.2, 0.25) is 18.0 Å². The van der Waals surface area contributed by atoms with Gasteiger partial charge in [0.25, 0.3) is 0 Å². The Bertz CT molecular complexity index is 876. The average molecular weight is 414 g/mol. The van der Waals surface area contributed by atoms with Crippen molar-refractivity contribution in [1.82, 2.24) is 0 Å². The lowest BCUT2D eigenvalue weighted by atomic mass is 9.87. The van der Waals surface area contributed by atoms with Crippen LogP contribution in [0.4, 0.5) is 0 Å². The minimum absolute atomic E-state index is 0.233. The zero-order chi connectivity index (χ0) is 22.1. The van der Waals surface area contributed by atoms with Crippen LogP contribution in [0.5, 0.6) is 0 Å². The molecule has 1 aliphatic rings. The van der Waals surface area contributed by atoms with E-state index in [1.54, 1.807) is 24.3 Å². The van der Waals surface area contributed by atoms with Gasteiger partial charge in [-0.25, -0.2) is 0 Å². The SMILES string of the molecule is C#CCO[C@]1(C#Cc2ccccc2)[C@H](OC(C)=O)COC(OC(C)=O)[C@@H]1OC(C)=O. The van der Waals surface area contributed by atoms with Crippen LogP contribution in [-0.4, -0.2) is 55.2 Å². The quantitative estimate of drug-likeness (QED) is 0.403. The number of benzene rings is 1. The molecular formula is C22H22O8. The minimum Gasteiger partial charge on any atom is -0.456 e. The molecule has 4 atom stereocenters. The number of hydrogen-bond donors (Lipinski definition) is 0. The molecule has 1 aromatic carbocycles. The van der Waals surface area contributed by atoms with Gasteiger partial charge in [0.15, 0.2) is 6.10 Å². The summed E-state index contributed by atoms with van der Waals surface area (Å²) in [5.41, 5.74) is -1.13. The second-order valence-corrected chi connectivity index (χ2v) is 6.34. The van der Waals surface area contributed by atoms with E-state index in [0.29, 0.717) is 5.56 Å². The lowest BCUT2D eigenvalue weighted by Crippen LogP contribution is -2.66. The fourth-order valence-electron chi connectivity index (χ4n) is 2.90. The topological polar surface area (TPSA) is 97.4 Å². The summed E-state index contributed by atoms with van der Waals surface area (Å²) in [6, 6.07) is 8.92. The van der Waals surface area contributed by atoms with Gasteiger partial charge in [-0.3, -0.25) is 14.4 Å². The molecule has 0 amide bonds. The number of carbonyl (C=O) groups is 3. The van der Waals surface area contributed by atoms with E-state index in [1.807, 2.05) is 6.07 Å². The van der Waals surface area contributed by atoms with Gasteiger partial charge in [0.1, 0.15) is 6.61 Å². The number of carbonyl (C=O) groups excluding carboxylic acids is 3. The molecule has 0 bridgehead atoms. The molecule has 2 rings (SSSR count). The molecule has 0 saturated carbocycles. The van der Waals surface area contributed by atoms with E-state index >= 15 is 0 Å². The van der Waals surface area contributed by atoms with Crippen molar-refractivity contribution in [2.45, 2.75) is 44.9 Å². The Morgan fingerprint density at radius 3 is 2.27 bits per heavy atom. The van der Waals surface area contributed by atoms with E-state index in [4.69, 9.17) is 30.1 Å². The molecule has 8 heteroatoms. The Hall–Kier alpha value is -3.33. The van der Waals surface area contributed by atoms with Gasteiger partial charge in [-0.2, -0.15) is 0 Å². The van der Waals surface area contributed by atoms with Crippen molar-refractivity contribution in [1.29, 1.82) is 0 Å². The van der Waals surface area contributed by atoms with Gasteiger partial charge >= 0.3 is 17.9 Å². The standard InChI is InChI=1S/C22H22O8/c1-5-13-27-22(12-11-18-9-7-6-8-10-18)19(28-15(2)23)14-26-21(30-17(4)25)20(22)29-16(3)24/h1,6-10,19-21H,13-14H2,2-4H3/t19-,20+,21?,22-/m1/s1. The molecule has 1 saturated heterocycles. The summed E-state index contributed by atoms with van der Waals surface area (Å²) >= 11 is 0. The molecule has 30 heavy (non-hydrogen) atoms. The van der Waals surface area contributed by atoms with E-state index in [2.05, 4.69) is 17.8 Å². The summed E-state index contributed by atoms with van der Waals surface area (Å²) in [6.45, 7) is 3.06. The lowest BCUT2D eigenvalue weighted by molar-refractivity contribution is -0.294. The van der Waals surface area contributed by atoms with Gasteiger partial charge in [0, 0.05) is 26.3 Å². The monoisotopic (exact) mass is 414 g/mol. The Labute approximate surface area is 174 Å². The number of terminal acetylenes is 1. The van der Waals surface area contributed by atoms with Gasteiger partial charge in [0.05, 0.1) is 6.61 Å². The highest BCUT2D eigenvalue weighted by Gasteiger charge is 2.59. The third kappa shape index (κ3) is 5.84. The Kier molecular flexibility index (Phi) is 7.99. The minimum atomic E-state index is -1.75. The smallest absolute Gasteiger partial charge is 0.305 e. The molecule has 1 heterocycles. The second kappa shape index (κ2) is 10.4. The van der Waals surface area contributed by atoms with Crippen LogP contribution in [0.25, 0.3) is 0 Å². The maximum Gasteiger partial charge on any atom is 0.305 e. The van der Waals surface area contributed by atoms with E-state index in [1.165, 1.54) is 13.8 Å². The molecule has 1 aliphatic heterocycles. The first-order chi connectivity index (χ1) is 14.3. The van der Waals surface area contributed by atoms with Crippen molar-refractivity contribution in [2.24, 2.45) is 0 Å². The first-order valence-corrected chi connectivity index (χ1v) is 9.07. The summed E-state index contributed by atoms with van der Waals surface area (Å²) < 4.78 is 27.3. The van der Waals surface area contributed by atoms with Crippen molar-refractivity contribution < 1.29 is 38.1 Å². The van der Waals surface area contributed by atoms with E-state index in [9.17, 15) is 14.4 Å². The van der Waals surface area contributed by atoms with Crippen LogP contribution in [0, 0.1) is 24.2 Å². The fourth-order valence-corrected chi connectivity index (χ4v) is 2.90. The normalized spacial score (nSPS) is 25.1. The highest BCUT2D eigenvalue weighted by molar-refractivity contribution is 5.68. The van der Waals surface area contributed by atoms with E-state index < -0.39 is 42.0 Å². The number of ether oxygens (including phenoxy) is 5. The van der Waals surface area contributed by atoms with Crippen LogP contribution >= 0.6 is 0 Å². The second-order valence-electron chi connectivity index (χ2n) is 6.34. The third-order valence-corrected chi connectivity index (χ3v) is 4.01. The Morgan fingerprint density at radius 1 is 1.07 bits per heavy atom. The van der Waals surface area contributed by atoms with Crippen LogP contribution in [0.2, 0.25) is 0 Å². The highest BCUT2D eigenvalue weighted by atomic mass is 16.7. The first-order valence-electron chi connectivity index (χ1n) is 9.07. The zero-order valence-electron chi connectivity index (χ0n) is 16.9. The summed E-state index contributed by atoms with van der Waals surface area (Å²) in [6.07, 6.45) is 1.53. The molecule has 0 radical (unpaired) electrons. The number of esters is 3. The van der Waals surface area contributed by atoms with Crippen molar-refractivity contribution in [3.8, 4) is 24.2 Å². The highest BCUT2D eigenvalue weighted by Crippen LogP contribution is 2.34. The van der Waals surface area contributed by atoms with Gasteiger partial charge in [-0.15, -0.1) is 6.42 Å².